The van der Waals surface area contributed by atoms with Gasteiger partial charge in [-0.3, -0.25) is 0 Å². The summed E-state index contributed by atoms with van der Waals surface area (Å²) in [5.41, 5.74) is 18.7. The molecule has 0 radical (unpaired) electrons. The smallest absolute Gasteiger partial charge is 0.0714 e. The number of anilines is 3. The molecule has 328 valence electrons. The van der Waals surface area contributed by atoms with Crippen LogP contribution < -0.4 is 4.90 Å². The Morgan fingerprint density at radius 1 is 0.343 bits per heavy atom. The van der Waals surface area contributed by atoms with Crippen LogP contribution in [0.2, 0.25) is 0 Å². The molecule has 11 aromatic carbocycles. The number of rotatable bonds is 8. The van der Waals surface area contributed by atoms with Crippen molar-refractivity contribution in [2.45, 2.75) is 5.41 Å². The van der Waals surface area contributed by atoms with Crippen molar-refractivity contribution in [3.8, 4) is 39.1 Å². The summed E-state index contributed by atoms with van der Waals surface area (Å²) in [5, 5.41) is 5.16. The van der Waals surface area contributed by atoms with Crippen LogP contribution in [0.15, 0.2) is 267 Å². The zero-order valence-electron chi connectivity index (χ0n) is 38.2. The molecule has 0 spiro atoms. The number of thiophene rings is 1. The third kappa shape index (κ3) is 6.19. The molecule has 2 aromatic heterocycles. The van der Waals surface area contributed by atoms with Crippen LogP contribution in [0.5, 0.6) is 0 Å². The van der Waals surface area contributed by atoms with Crippen LogP contribution in [-0.2, 0) is 5.41 Å². The molecule has 2 nitrogen and oxygen atoms in total. The zero-order valence-corrected chi connectivity index (χ0v) is 39.0. The third-order valence-electron chi connectivity index (χ3n) is 14.7. The van der Waals surface area contributed by atoms with E-state index in [0.29, 0.717) is 0 Å². The van der Waals surface area contributed by atoms with E-state index in [9.17, 15) is 0 Å². The molecular formula is C67H44N2S. The number of benzene rings is 11. The van der Waals surface area contributed by atoms with Crippen molar-refractivity contribution in [3.05, 3.63) is 289 Å². The maximum Gasteiger partial charge on any atom is 0.0714 e. The molecule has 0 atom stereocenters. The first kappa shape index (κ1) is 40.3. The Morgan fingerprint density at radius 3 is 1.47 bits per heavy atom. The molecule has 2 heterocycles. The summed E-state index contributed by atoms with van der Waals surface area (Å²) in [5.74, 6) is 0. The van der Waals surface area contributed by atoms with E-state index < -0.39 is 5.41 Å². The third-order valence-corrected chi connectivity index (χ3v) is 15.9. The summed E-state index contributed by atoms with van der Waals surface area (Å²) in [6, 6.07) is 98.5. The lowest BCUT2D eigenvalue weighted by Crippen LogP contribution is -2.28. The second-order valence-corrected chi connectivity index (χ2v) is 19.5. The maximum absolute atomic E-state index is 2.47. The van der Waals surface area contributed by atoms with Crippen molar-refractivity contribution in [2.75, 3.05) is 4.90 Å². The van der Waals surface area contributed by atoms with Crippen LogP contribution in [-0.4, -0.2) is 4.57 Å². The van der Waals surface area contributed by atoms with Gasteiger partial charge in [0.05, 0.1) is 22.1 Å². The molecule has 14 rings (SSSR count). The Kier molecular flexibility index (Phi) is 9.33. The predicted molar refractivity (Wildman–Crippen MR) is 297 cm³/mol. The van der Waals surface area contributed by atoms with Gasteiger partial charge in [-0.05, 0) is 123 Å². The minimum Gasteiger partial charge on any atom is -0.310 e. The van der Waals surface area contributed by atoms with Gasteiger partial charge in [0, 0.05) is 53.6 Å². The lowest BCUT2D eigenvalue weighted by Gasteiger charge is -2.34. The minimum atomic E-state index is -0.514. The Hall–Kier alpha value is -8.76. The molecule has 70 heavy (non-hydrogen) atoms. The van der Waals surface area contributed by atoms with Gasteiger partial charge in [-0.1, -0.05) is 194 Å². The summed E-state index contributed by atoms with van der Waals surface area (Å²) in [7, 11) is 0. The molecule has 1 aliphatic carbocycles. The summed E-state index contributed by atoms with van der Waals surface area (Å²) >= 11 is 1.86. The Balaban J connectivity index is 0.912. The topological polar surface area (TPSA) is 8.17 Å². The fraction of sp³-hybridized carbons (Fsp3) is 0.0149. The molecule has 0 fully saturated rings. The van der Waals surface area contributed by atoms with E-state index in [2.05, 4.69) is 276 Å². The van der Waals surface area contributed by atoms with Gasteiger partial charge in [0.2, 0.25) is 0 Å². The normalized spacial score (nSPS) is 12.7. The van der Waals surface area contributed by atoms with Crippen LogP contribution >= 0.6 is 11.3 Å². The molecule has 0 saturated carbocycles. The molecular weight excluding hydrogens is 865 g/mol. The first-order chi connectivity index (χ1) is 34.7. The fourth-order valence-electron chi connectivity index (χ4n) is 11.6. The summed E-state index contributed by atoms with van der Waals surface area (Å²) in [6.07, 6.45) is 0. The maximum atomic E-state index is 2.47. The number of hydrogen-bond acceptors (Lipinski definition) is 2. The van der Waals surface area contributed by atoms with E-state index in [1.54, 1.807) is 0 Å². The molecule has 13 aromatic rings. The average molecular weight is 909 g/mol. The van der Waals surface area contributed by atoms with Gasteiger partial charge in [-0.25, -0.2) is 0 Å². The SMILES string of the molecule is c1ccc(C2(c3ccccc3)c3ccccc3-c3c(N(c4ccc(-c5ccc(-n6c7ccccc7c7ccccc76)cc5)cc4)c4ccc(-c5ccc6sc7ccccc7c6c5)cc4)cccc32)cc1. The van der Waals surface area contributed by atoms with E-state index in [1.807, 2.05) is 11.3 Å². The first-order valence-corrected chi connectivity index (χ1v) is 24.9. The first-order valence-electron chi connectivity index (χ1n) is 24.1. The summed E-state index contributed by atoms with van der Waals surface area (Å²) < 4.78 is 5.02. The number of nitrogens with zero attached hydrogens (tertiary/aromatic N) is 2. The number of hydrogen-bond donors (Lipinski definition) is 0. The van der Waals surface area contributed by atoms with Gasteiger partial charge >= 0.3 is 0 Å². The van der Waals surface area contributed by atoms with Gasteiger partial charge in [-0.15, -0.1) is 11.3 Å². The van der Waals surface area contributed by atoms with Crippen molar-refractivity contribution in [3.63, 3.8) is 0 Å². The van der Waals surface area contributed by atoms with Crippen molar-refractivity contribution in [1.29, 1.82) is 0 Å². The van der Waals surface area contributed by atoms with Crippen LogP contribution in [0.25, 0.3) is 81.0 Å². The van der Waals surface area contributed by atoms with Gasteiger partial charge < -0.3 is 9.47 Å². The largest absolute Gasteiger partial charge is 0.310 e. The van der Waals surface area contributed by atoms with Gasteiger partial charge in [0.1, 0.15) is 0 Å². The van der Waals surface area contributed by atoms with Crippen molar-refractivity contribution >= 4 is 70.4 Å². The highest BCUT2D eigenvalue weighted by molar-refractivity contribution is 7.25. The van der Waals surface area contributed by atoms with E-state index in [1.165, 1.54) is 97.6 Å². The van der Waals surface area contributed by atoms with Crippen LogP contribution in [0.4, 0.5) is 17.1 Å². The highest BCUT2D eigenvalue weighted by Gasteiger charge is 2.47. The standard InChI is InChI=1S/C67H44N2S/c1-3-16-49(17-4-1)67(50-18-5-2-6-19-50)59-24-11-7-23-57(59)66-60(67)25-15-28-63(66)68(52-39-34-47(35-40-52)48-36-43-65-58(44-48)56-22-10-14-29-64(56)70-65)51-37-30-45(31-38-51)46-32-41-53(42-33-46)69-61-26-12-8-20-54(61)55-21-9-13-27-62(55)69/h1-44H. The number of fused-ring (bicyclic) bond motifs is 9. The average Bonchev–Trinajstić information content (AvgIpc) is 4.09. The van der Waals surface area contributed by atoms with Crippen LogP contribution in [0, 0.1) is 0 Å². The summed E-state index contributed by atoms with van der Waals surface area (Å²) in [6.45, 7) is 0. The van der Waals surface area contributed by atoms with E-state index >= 15 is 0 Å². The van der Waals surface area contributed by atoms with Crippen molar-refractivity contribution in [1.82, 2.24) is 4.57 Å². The second-order valence-electron chi connectivity index (χ2n) is 18.4. The quantitative estimate of drug-likeness (QED) is 0.147. The number of para-hydroxylation sites is 2. The van der Waals surface area contributed by atoms with E-state index in [0.717, 1.165) is 22.7 Å². The molecule has 1 aliphatic rings. The minimum absolute atomic E-state index is 0.514. The highest BCUT2D eigenvalue weighted by Crippen LogP contribution is 2.59. The van der Waals surface area contributed by atoms with Crippen molar-refractivity contribution in [2.24, 2.45) is 0 Å². The van der Waals surface area contributed by atoms with E-state index in [-0.39, 0.29) is 0 Å². The van der Waals surface area contributed by atoms with Crippen LogP contribution in [0.3, 0.4) is 0 Å². The molecule has 0 unspecified atom stereocenters. The monoisotopic (exact) mass is 908 g/mol. The van der Waals surface area contributed by atoms with Crippen molar-refractivity contribution < 1.29 is 0 Å². The van der Waals surface area contributed by atoms with Gasteiger partial charge in [0.25, 0.3) is 0 Å². The lowest BCUT2D eigenvalue weighted by atomic mass is 9.68. The lowest BCUT2D eigenvalue weighted by molar-refractivity contribution is 0.768. The number of aromatic nitrogens is 1. The molecule has 0 amide bonds. The van der Waals surface area contributed by atoms with Gasteiger partial charge in [-0.2, -0.15) is 0 Å². The van der Waals surface area contributed by atoms with Crippen LogP contribution in [0.1, 0.15) is 22.3 Å². The van der Waals surface area contributed by atoms with E-state index in [4.69, 9.17) is 0 Å². The fourth-order valence-corrected chi connectivity index (χ4v) is 12.7. The summed E-state index contributed by atoms with van der Waals surface area (Å²) in [4.78, 5) is 2.47. The zero-order chi connectivity index (χ0) is 46.2. The molecule has 0 aliphatic heterocycles. The molecule has 0 saturated heterocycles. The Morgan fingerprint density at radius 2 is 0.829 bits per heavy atom. The molecule has 3 heteroatoms. The second kappa shape index (κ2) is 16.2. The predicted octanol–water partition coefficient (Wildman–Crippen LogP) is 18.3. The molecule has 0 bridgehead atoms. The highest BCUT2D eigenvalue weighted by atomic mass is 32.1. The Bertz CT molecular complexity index is 4000. The van der Waals surface area contributed by atoms with Gasteiger partial charge in [0.15, 0.2) is 0 Å². The molecule has 0 N–H and O–H groups in total. The Labute approximate surface area is 411 Å².